The van der Waals surface area contributed by atoms with Gasteiger partial charge in [-0.3, -0.25) is 4.99 Å². The van der Waals surface area contributed by atoms with Crippen LogP contribution in [0.5, 0.6) is 0 Å². The summed E-state index contributed by atoms with van der Waals surface area (Å²) in [5.41, 5.74) is 1.03. The third-order valence-corrected chi connectivity index (χ3v) is 6.29. The van der Waals surface area contributed by atoms with Crippen molar-refractivity contribution in [3.05, 3.63) is 52.2 Å². The first-order chi connectivity index (χ1) is 12.4. The van der Waals surface area contributed by atoms with Crippen molar-refractivity contribution in [1.82, 2.24) is 14.9 Å². The van der Waals surface area contributed by atoms with Crippen LogP contribution in [0.1, 0.15) is 10.4 Å². The molecule has 0 radical (unpaired) electrons. The van der Waals surface area contributed by atoms with Crippen LogP contribution in [-0.2, 0) is 16.4 Å². The average Bonchev–Trinajstić information content (AvgIpc) is 3.13. The Morgan fingerprint density at radius 1 is 1.19 bits per heavy atom. The van der Waals surface area contributed by atoms with Crippen LogP contribution in [-0.4, -0.2) is 53.0 Å². The van der Waals surface area contributed by atoms with E-state index in [-0.39, 0.29) is 11.4 Å². The van der Waals surface area contributed by atoms with Crippen LogP contribution >= 0.6 is 11.3 Å². The summed E-state index contributed by atoms with van der Waals surface area (Å²) in [6.45, 7) is 3.51. The monoisotopic (exact) mass is 394 g/mol. The molecule has 0 aliphatic heterocycles. The van der Waals surface area contributed by atoms with Crippen molar-refractivity contribution < 1.29 is 8.42 Å². The summed E-state index contributed by atoms with van der Waals surface area (Å²) >= 11 is 1.74. The second kappa shape index (κ2) is 9.70. The van der Waals surface area contributed by atoms with Crippen LogP contribution in [0, 0.1) is 6.92 Å². The van der Waals surface area contributed by atoms with Crippen molar-refractivity contribution in [2.24, 2.45) is 4.99 Å². The van der Waals surface area contributed by atoms with Gasteiger partial charge in [-0.25, -0.2) is 13.1 Å². The first kappa shape index (κ1) is 20.4. The minimum atomic E-state index is -3.48. The molecule has 0 aliphatic rings. The maximum Gasteiger partial charge on any atom is 0.240 e. The van der Waals surface area contributed by atoms with E-state index in [2.05, 4.69) is 26.5 Å². The zero-order valence-corrected chi connectivity index (χ0v) is 17.0. The maximum absolute atomic E-state index is 12.2. The second-order valence-corrected chi connectivity index (χ2v) is 8.73. The van der Waals surface area contributed by atoms with E-state index in [4.69, 9.17) is 0 Å². The largest absolute Gasteiger partial charge is 0.355 e. The summed E-state index contributed by atoms with van der Waals surface area (Å²) in [6.07, 6.45) is 0.953. The molecule has 0 bridgehead atoms. The van der Waals surface area contributed by atoms with Crippen LogP contribution in [0.2, 0.25) is 0 Å². The molecule has 6 nitrogen and oxygen atoms in total. The summed E-state index contributed by atoms with van der Waals surface area (Å²) in [6, 6.07) is 11.0. The van der Waals surface area contributed by atoms with Gasteiger partial charge in [0.1, 0.15) is 0 Å². The van der Waals surface area contributed by atoms with E-state index in [1.807, 2.05) is 24.9 Å². The van der Waals surface area contributed by atoms with Gasteiger partial charge in [0, 0.05) is 38.6 Å². The third kappa shape index (κ3) is 6.12. The number of hydrogen-bond acceptors (Lipinski definition) is 4. The Hall–Kier alpha value is -1.90. The number of sulfonamides is 1. The first-order valence-electron chi connectivity index (χ1n) is 8.43. The molecule has 0 unspecified atom stereocenters. The van der Waals surface area contributed by atoms with E-state index in [9.17, 15) is 8.42 Å². The third-order valence-electron chi connectivity index (χ3n) is 3.88. The standard InChI is InChI=1S/C18H26N4O2S2/c1-15-6-8-17(9-7-15)26(23,24)21-12-11-20-18(19-2)22(3)13-10-16-5-4-14-25-16/h4-9,14,21H,10-13H2,1-3H3,(H,19,20). The lowest BCUT2D eigenvalue weighted by atomic mass is 10.2. The normalized spacial score (nSPS) is 12.2. The second-order valence-electron chi connectivity index (χ2n) is 5.94. The number of benzene rings is 1. The van der Waals surface area contributed by atoms with Gasteiger partial charge < -0.3 is 10.2 Å². The number of aryl methyl sites for hydroxylation is 1. The number of aliphatic imine (C=N–C) groups is 1. The van der Waals surface area contributed by atoms with Crippen molar-refractivity contribution in [3.8, 4) is 0 Å². The predicted octanol–water partition coefficient (Wildman–Crippen LogP) is 2.08. The number of rotatable bonds is 8. The van der Waals surface area contributed by atoms with Crippen LogP contribution in [0.15, 0.2) is 51.7 Å². The maximum atomic E-state index is 12.2. The minimum absolute atomic E-state index is 0.278. The van der Waals surface area contributed by atoms with E-state index in [1.165, 1.54) is 4.88 Å². The predicted molar refractivity (Wildman–Crippen MR) is 108 cm³/mol. The summed E-state index contributed by atoms with van der Waals surface area (Å²) in [5, 5.41) is 5.26. The van der Waals surface area contributed by atoms with Crippen LogP contribution in [0.25, 0.3) is 0 Å². The fourth-order valence-corrected chi connectivity index (χ4v) is 4.11. The highest BCUT2D eigenvalue weighted by molar-refractivity contribution is 7.89. The molecular weight excluding hydrogens is 368 g/mol. The van der Waals surface area contributed by atoms with Crippen LogP contribution < -0.4 is 10.0 Å². The molecule has 8 heteroatoms. The molecule has 1 aromatic heterocycles. The van der Waals surface area contributed by atoms with Gasteiger partial charge >= 0.3 is 0 Å². The molecule has 0 atom stereocenters. The fourth-order valence-electron chi connectivity index (χ4n) is 2.38. The first-order valence-corrected chi connectivity index (χ1v) is 10.8. The highest BCUT2D eigenvalue weighted by Crippen LogP contribution is 2.10. The van der Waals surface area contributed by atoms with Gasteiger partial charge in [0.25, 0.3) is 0 Å². The number of hydrogen-bond donors (Lipinski definition) is 2. The van der Waals surface area contributed by atoms with Crippen molar-refractivity contribution >= 4 is 27.3 Å². The van der Waals surface area contributed by atoms with Crippen molar-refractivity contribution in [2.75, 3.05) is 33.7 Å². The fraction of sp³-hybridized carbons (Fsp3) is 0.389. The summed E-state index contributed by atoms with van der Waals surface area (Å²) in [5.74, 6) is 0.746. The Morgan fingerprint density at radius 3 is 2.54 bits per heavy atom. The van der Waals surface area contributed by atoms with Crippen LogP contribution in [0.4, 0.5) is 0 Å². The SMILES string of the molecule is CN=C(NCCNS(=O)(=O)c1ccc(C)cc1)N(C)CCc1cccs1. The topological polar surface area (TPSA) is 73.8 Å². The van der Waals surface area contributed by atoms with E-state index >= 15 is 0 Å². The Bertz CT molecular complexity index is 800. The zero-order valence-electron chi connectivity index (χ0n) is 15.4. The molecular formula is C18H26N4O2S2. The van der Waals surface area contributed by atoms with Gasteiger partial charge in [-0.1, -0.05) is 23.8 Å². The van der Waals surface area contributed by atoms with E-state index in [0.29, 0.717) is 6.54 Å². The number of guanidine groups is 1. The molecule has 26 heavy (non-hydrogen) atoms. The zero-order chi connectivity index (χ0) is 19.0. The quantitative estimate of drug-likeness (QED) is 0.408. The van der Waals surface area contributed by atoms with Gasteiger partial charge in [-0.15, -0.1) is 11.3 Å². The molecule has 142 valence electrons. The molecule has 0 aliphatic carbocycles. The lowest BCUT2D eigenvalue weighted by Gasteiger charge is -2.21. The smallest absolute Gasteiger partial charge is 0.240 e. The number of nitrogens with one attached hydrogen (secondary N) is 2. The number of likely N-dealkylation sites (N-methyl/N-ethyl adjacent to an activating group) is 1. The minimum Gasteiger partial charge on any atom is -0.355 e. The van der Waals surface area contributed by atoms with Crippen molar-refractivity contribution in [2.45, 2.75) is 18.2 Å². The van der Waals surface area contributed by atoms with Gasteiger partial charge in [-0.2, -0.15) is 0 Å². The highest BCUT2D eigenvalue weighted by Gasteiger charge is 2.13. The molecule has 0 saturated heterocycles. The van der Waals surface area contributed by atoms with Crippen molar-refractivity contribution in [1.29, 1.82) is 0 Å². The number of thiophene rings is 1. The van der Waals surface area contributed by atoms with E-state index < -0.39 is 10.0 Å². The average molecular weight is 395 g/mol. The van der Waals surface area contributed by atoms with Gasteiger partial charge in [0.05, 0.1) is 4.90 Å². The van der Waals surface area contributed by atoms with Crippen molar-refractivity contribution in [3.63, 3.8) is 0 Å². The molecule has 2 rings (SSSR count). The molecule has 0 spiro atoms. The summed E-state index contributed by atoms with van der Waals surface area (Å²) in [7, 11) is 0.210. The molecule has 0 saturated carbocycles. The summed E-state index contributed by atoms with van der Waals surface area (Å²) < 4.78 is 27.1. The van der Waals surface area contributed by atoms with Gasteiger partial charge in [-0.05, 0) is 36.9 Å². The molecule has 2 aromatic rings. The molecule has 1 aromatic carbocycles. The number of nitrogens with zero attached hydrogens (tertiary/aromatic N) is 2. The van der Waals surface area contributed by atoms with E-state index in [0.717, 1.165) is 24.5 Å². The molecule has 0 amide bonds. The molecule has 0 fully saturated rings. The molecule has 1 heterocycles. The van der Waals surface area contributed by atoms with Gasteiger partial charge in [0.15, 0.2) is 5.96 Å². The Morgan fingerprint density at radius 2 is 1.92 bits per heavy atom. The lowest BCUT2D eigenvalue weighted by molar-refractivity contribution is 0.486. The lowest BCUT2D eigenvalue weighted by Crippen LogP contribution is -2.43. The van der Waals surface area contributed by atoms with E-state index in [1.54, 1.807) is 42.6 Å². The highest BCUT2D eigenvalue weighted by atomic mass is 32.2. The Kier molecular flexibility index (Phi) is 7.62. The van der Waals surface area contributed by atoms with Crippen LogP contribution in [0.3, 0.4) is 0 Å². The molecule has 2 N–H and O–H groups in total. The Balaban J connectivity index is 1.77. The van der Waals surface area contributed by atoms with Gasteiger partial charge in [0.2, 0.25) is 10.0 Å². The Labute approximate surface area is 160 Å². The summed E-state index contributed by atoms with van der Waals surface area (Å²) in [4.78, 5) is 7.89.